The van der Waals surface area contributed by atoms with E-state index in [0.717, 1.165) is 5.56 Å². The molecular formula is C26H27BF3N5O5. The van der Waals surface area contributed by atoms with E-state index < -0.39 is 35.6 Å². The summed E-state index contributed by atoms with van der Waals surface area (Å²) in [6.07, 6.45) is -1.84. The number of hydrogen-bond acceptors (Lipinski definition) is 6. The summed E-state index contributed by atoms with van der Waals surface area (Å²) >= 11 is 0. The van der Waals surface area contributed by atoms with Crippen LogP contribution in [-0.4, -0.2) is 59.6 Å². The number of rotatable bonds is 12. The van der Waals surface area contributed by atoms with E-state index >= 15 is 0 Å². The van der Waals surface area contributed by atoms with Crippen LogP contribution in [0.1, 0.15) is 25.0 Å². The predicted molar refractivity (Wildman–Crippen MR) is 139 cm³/mol. The van der Waals surface area contributed by atoms with E-state index in [-0.39, 0.29) is 31.3 Å². The molecule has 2 aromatic carbocycles. The van der Waals surface area contributed by atoms with Crippen molar-refractivity contribution in [1.82, 2.24) is 20.2 Å². The molecule has 2 radical (unpaired) electrons. The van der Waals surface area contributed by atoms with E-state index in [0.29, 0.717) is 5.56 Å². The number of hydrogen-bond donors (Lipinski definition) is 3. The van der Waals surface area contributed by atoms with Crippen molar-refractivity contribution >= 4 is 31.3 Å². The smallest absolute Gasteiger partial charge is 0.406 e. The predicted octanol–water partition coefficient (Wildman–Crippen LogP) is 3.13. The minimum absolute atomic E-state index is 0.166. The van der Waals surface area contributed by atoms with Gasteiger partial charge >= 0.3 is 6.36 Å². The van der Waals surface area contributed by atoms with Crippen molar-refractivity contribution in [2.24, 2.45) is 0 Å². The molecule has 0 saturated carbocycles. The molecule has 3 amide bonds. The molecule has 3 N–H and O–H groups in total. The molecule has 14 heteroatoms. The number of ether oxygens (including phenoxy) is 2. The largest absolute Gasteiger partial charge is 0.573 e. The third-order valence-corrected chi connectivity index (χ3v) is 5.43. The second-order valence-corrected chi connectivity index (χ2v) is 9.25. The normalized spacial score (nSPS) is 12.3. The number of alkyl halides is 3. The highest BCUT2D eigenvalue weighted by atomic mass is 19.4. The third kappa shape index (κ3) is 9.77. The van der Waals surface area contributed by atoms with Crippen LogP contribution in [0.2, 0.25) is 0 Å². The molecule has 1 atom stereocenters. The summed E-state index contributed by atoms with van der Waals surface area (Å²) < 4.78 is 48.2. The zero-order chi connectivity index (χ0) is 29.3. The summed E-state index contributed by atoms with van der Waals surface area (Å²) in [7, 11) is 5.15. The number of nitrogens with one attached hydrogen (secondary N) is 3. The number of anilines is 1. The summed E-state index contributed by atoms with van der Waals surface area (Å²) in [6.45, 7) is 3.10. The van der Waals surface area contributed by atoms with E-state index in [2.05, 4.69) is 25.7 Å². The lowest BCUT2D eigenvalue weighted by atomic mass is 10.00. The van der Waals surface area contributed by atoms with Crippen LogP contribution >= 0.6 is 0 Å². The molecule has 1 heterocycles. The summed E-state index contributed by atoms with van der Waals surface area (Å²) in [6, 6.07) is 13.4. The molecule has 0 aliphatic heterocycles. The van der Waals surface area contributed by atoms with Crippen LogP contribution in [0, 0.1) is 0 Å². The Labute approximate surface area is 229 Å². The van der Waals surface area contributed by atoms with Crippen LogP contribution in [-0.2, 0) is 27.5 Å². The van der Waals surface area contributed by atoms with Crippen molar-refractivity contribution in [3.8, 4) is 5.75 Å². The van der Waals surface area contributed by atoms with Gasteiger partial charge in [-0.05, 0) is 37.1 Å². The highest BCUT2D eigenvalue weighted by molar-refractivity contribution is 6.57. The second-order valence-electron chi connectivity index (χ2n) is 9.25. The van der Waals surface area contributed by atoms with Crippen molar-refractivity contribution in [3.63, 3.8) is 0 Å². The van der Waals surface area contributed by atoms with Gasteiger partial charge in [0, 0.05) is 12.7 Å². The maximum atomic E-state index is 13.1. The number of carbonyl (C=O) groups is 3. The minimum Gasteiger partial charge on any atom is -0.406 e. The monoisotopic (exact) mass is 557 g/mol. The first-order valence-electron chi connectivity index (χ1n) is 12.0. The molecule has 0 aliphatic carbocycles. The van der Waals surface area contributed by atoms with Gasteiger partial charge in [0.2, 0.25) is 13.8 Å². The number of halogens is 3. The van der Waals surface area contributed by atoms with Crippen molar-refractivity contribution < 1.29 is 37.0 Å². The minimum atomic E-state index is -4.78. The molecule has 0 aliphatic rings. The van der Waals surface area contributed by atoms with Crippen LogP contribution in [0.3, 0.4) is 0 Å². The van der Waals surface area contributed by atoms with Gasteiger partial charge in [0.05, 0.1) is 19.5 Å². The van der Waals surface area contributed by atoms with E-state index in [1.165, 1.54) is 50.6 Å². The van der Waals surface area contributed by atoms with Crippen molar-refractivity contribution in [3.05, 3.63) is 78.2 Å². The van der Waals surface area contributed by atoms with Crippen molar-refractivity contribution in [2.75, 3.05) is 11.9 Å². The Morgan fingerprint density at radius 1 is 1.02 bits per heavy atom. The molecular weight excluding hydrogens is 530 g/mol. The number of amides is 3. The summed E-state index contributed by atoms with van der Waals surface area (Å²) in [5.41, 5.74) is 0.111. The molecule has 0 spiro atoms. The molecule has 1 aromatic heterocycles. The van der Waals surface area contributed by atoms with Crippen LogP contribution < -0.4 is 20.7 Å². The second kappa shape index (κ2) is 13.2. The number of nitrogens with zero attached hydrogens (tertiary/aromatic N) is 2. The van der Waals surface area contributed by atoms with Gasteiger partial charge in [0.15, 0.2) is 11.6 Å². The maximum Gasteiger partial charge on any atom is 0.573 e. The maximum absolute atomic E-state index is 13.1. The lowest BCUT2D eigenvalue weighted by Crippen LogP contribution is -2.59. The van der Waals surface area contributed by atoms with Crippen molar-refractivity contribution in [2.45, 2.75) is 44.9 Å². The first-order valence-corrected chi connectivity index (χ1v) is 12.0. The van der Waals surface area contributed by atoms with E-state index in [1.807, 2.05) is 30.3 Å². The molecule has 0 saturated heterocycles. The molecule has 0 fully saturated rings. The van der Waals surface area contributed by atoms with E-state index in [9.17, 15) is 27.6 Å². The van der Waals surface area contributed by atoms with Gasteiger partial charge in [-0.15, -0.1) is 13.2 Å². The van der Waals surface area contributed by atoms with E-state index in [4.69, 9.17) is 12.6 Å². The van der Waals surface area contributed by atoms with Crippen LogP contribution in [0.25, 0.3) is 0 Å². The SMILES string of the molecule is [B]C(=O)NC(C)(C)C(=O)N[C@H](COCc1ccccc1)C(=O)Nc1cn(Cc2ccc(OC(F)(F)F)cc2)cn1. The Morgan fingerprint density at radius 2 is 1.70 bits per heavy atom. The van der Waals surface area contributed by atoms with Gasteiger partial charge in [0.1, 0.15) is 17.3 Å². The van der Waals surface area contributed by atoms with E-state index in [1.54, 1.807) is 4.57 Å². The Morgan fingerprint density at radius 3 is 2.33 bits per heavy atom. The Kier molecular flexibility index (Phi) is 9.94. The highest BCUT2D eigenvalue weighted by Crippen LogP contribution is 2.23. The number of imidazole rings is 1. The van der Waals surface area contributed by atoms with Gasteiger partial charge in [-0.1, -0.05) is 42.5 Å². The summed E-state index contributed by atoms with van der Waals surface area (Å²) in [4.78, 5) is 41.3. The lowest BCUT2D eigenvalue weighted by Gasteiger charge is -2.27. The van der Waals surface area contributed by atoms with Gasteiger partial charge in [-0.25, -0.2) is 4.98 Å². The zero-order valence-electron chi connectivity index (χ0n) is 21.7. The molecule has 0 unspecified atom stereocenters. The molecule has 3 rings (SSSR count). The standard InChI is InChI=1S/C26H27BF3N5O5/c1-25(2,34-24(27)38)23(37)32-20(15-39-14-18-6-4-3-5-7-18)22(36)33-21-13-35(16-31-21)12-17-8-10-19(11-9-17)40-26(28,29)30/h3-11,13,16,20H,12,14-15H2,1-2H3,(H,32,37)(H,33,36)(H,34,38)/t20-/m1/s1. The Hall–Kier alpha value is -4.33. The van der Waals surface area contributed by atoms with Crippen molar-refractivity contribution in [1.29, 1.82) is 0 Å². The summed E-state index contributed by atoms with van der Waals surface area (Å²) in [5.74, 6) is -2.38. The highest BCUT2D eigenvalue weighted by Gasteiger charge is 2.32. The molecule has 40 heavy (non-hydrogen) atoms. The topological polar surface area (TPSA) is 124 Å². The fourth-order valence-corrected chi connectivity index (χ4v) is 3.49. The average Bonchev–Trinajstić information content (AvgIpc) is 3.30. The fraction of sp³-hybridized carbons (Fsp3) is 0.308. The first kappa shape index (κ1) is 30.2. The van der Waals surface area contributed by atoms with Gasteiger partial charge in [-0.3, -0.25) is 14.4 Å². The Bertz CT molecular complexity index is 1300. The van der Waals surface area contributed by atoms with Crippen LogP contribution in [0.5, 0.6) is 5.75 Å². The molecule has 3 aromatic rings. The van der Waals surface area contributed by atoms with Crippen LogP contribution in [0.15, 0.2) is 67.1 Å². The van der Waals surface area contributed by atoms with Gasteiger partial charge < -0.3 is 30.0 Å². The van der Waals surface area contributed by atoms with Gasteiger partial charge in [-0.2, -0.15) is 0 Å². The quantitative estimate of drug-likeness (QED) is 0.294. The number of carbonyl (C=O) groups excluding carboxylic acids is 3. The average molecular weight is 557 g/mol. The lowest BCUT2D eigenvalue weighted by molar-refractivity contribution is -0.274. The zero-order valence-corrected chi connectivity index (χ0v) is 21.7. The molecule has 210 valence electrons. The van der Waals surface area contributed by atoms with Gasteiger partial charge in [0.25, 0.3) is 5.91 Å². The Balaban J connectivity index is 1.64. The number of aromatic nitrogens is 2. The summed E-state index contributed by atoms with van der Waals surface area (Å²) in [5, 5.41) is 7.48. The first-order chi connectivity index (χ1) is 18.8. The number of benzene rings is 2. The third-order valence-electron chi connectivity index (χ3n) is 5.43. The molecule has 0 bridgehead atoms. The molecule has 10 nitrogen and oxygen atoms in total. The fourth-order valence-electron chi connectivity index (χ4n) is 3.49. The van der Waals surface area contributed by atoms with Crippen LogP contribution in [0.4, 0.5) is 23.8 Å².